The first kappa shape index (κ1) is 28.5. The van der Waals surface area contributed by atoms with Gasteiger partial charge in [0.05, 0.1) is 11.4 Å². The van der Waals surface area contributed by atoms with Crippen molar-refractivity contribution in [3.8, 4) is 22.8 Å². The van der Waals surface area contributed by atoms with Crippen molar-refractivity contribution in [2.45, 2.75) is 64.3 Å². The molecule has 2 amide bonds. The minimum absolute atomic E-state index is 0.0583. The van der Waals surface area contributed by atoms with Crippen molar-refractivity contribution in [1.29, 1.82) is 0 Å². The molecule has 0 fully saturated rings. The number of rotatable bonds is 11. The van der Waals surface area contributed by atoms with E-state index in [0.29, 0.717) is 6.42 Å². The van der Waals surface area contributed by atoms with Crippen LogP contribution in [0.15, 0.2) is 79.0 Å². The molecule has 0 aliphatic heterocycles. The van der Waals surface area contributed by atoms with Crippen LogP contribution in [0.5, 0.6) is 5.75 Å². The number of carbonyl (C=O) groups is 2. The van der Waals surface area contributed by atoms with E-state index in [1.807, 2.05) is 22.9 Å². The van der Waals surface area contributed by atoms with E-state index in [1.165, 1.54) is 17.7 Å². The van der Waals surface area contributed by atoms with Gasteiger partial charge in [-0.1, -0.05) is 51.1 Å². The van der Waals surface area contributed by atoms with E-state index in [1.54, 1.807) is 18.3 Å². The number of carbonyl (C=O) groups excluding carboxylic acids is 2. The number of hydrogen-bond donors (Lipinski definition) is 3. The quantitative estimate of drug-likeness (QED) is 0.235. The number of amides is 2. The van der Waals surface area contributed by atoms with Crippen LogP contribution < -0.4 is 11.1 Å². The third kappa shape index (κ3) is 7.56. The Labute approximate surface area is 235 Å². The van der Waals surface area contributed by atoms with Crippen LogP contribution in [0.4, 0.5) is 0 Å². The standard InChI is InChI=1S/C32H37N5O3/c1-32(2,3)23-13-15-24(16-14-23)37-25(21-28(36-37)27-9-6-7-19-34-27)8-4-5-10-30(39)35-29(31(33)40)20-22-11-17-26(38)18-12-22/h6-7,9,11-19,21,29,38H,4-5,8,10,20H2,1-3H3,(H2,33,40)(H,35,39)/t29-/m0/s1. The summed E-state index contributed by atoms with van der Waals surface area (Å²) in [6.07, 6.45) is 4.43. The van der Waals surface area contributed by atoms with Gasteiger partial charge in [-0.25, -0.2) is 4.68 Å². The second kappa shape index (κ2) is 12.6. The van der Waals surface area contributed by atoms with Gasteiger partial charge in [0.2, 0.25) is 11.8 Å². The number of phenolic OH excluding ortho intramolecular Hbond substituents is 1. The van der Waals surface area contributed by atoms with E-state index in [4.69, 9.17) is 10.8 Å². The van der Waals surface area contributed by atoms with Gasteiger partial charge in [0, 0.05) is 24.7 Å². The van der Waals surface area contributed by atoms with Crippen molar-refractivity contribution in [1.82, 2.24) is 20.1 Å². The van der Waals surface area contributed by atoms with Crippen molar-refractivity contribution in [2.24, 2.45) is 5.73 Å². The van der Waals surface area contributed by atoms with Crippen LogP contribution in [0.1, 0.15) is 56.9 Å². The van der Waals surface area contributed by atoms with E-state index in [9.17, 15) is 14.7 Å². The van der Waals surface area contributed by atoms with E-state index in [2.05, 4.69) is 61.4 Å². The predicted molar refractivity (Wildman–Crippen MR) is 156 cm³/mol. The third-order valence-corrected chi connectivity index (χ3v) is 6.83. The molecule has 8 nitrogen and oxygen atoms in total. The van der Waals surface area contributed by atoms with Crippen molar-refractivity contribution in [3.63, 3.8) is 0 Å². The minimum atomic E-state index is -0.810. The Hall–Kier alpha value is -4.46. The van der Waals surface area contributed by atoms with Crippen molar-refractivity contribution in [3.05, 3.63) is 95.8 Å². The first-order valence-electron chi connectivity index (χ1n) is 13.6. The number of nitrogens with two attached hydrogens (primary N) is 1. The monoisotopic (exact) mass is 539 g/mol. The Bertz CT molecular complexity index is 1420. The van der Waals surface area contributed by atoms with E-state index in [0.717, 1.165) is 41.2 Å². The van der Waals surface area contributed by atoms with Crippen LogP contribution in [0, 0.1) is 0 Å². The molecule has 4 aromatic rings. The highest BCUT2D eigenvalue weighted by molar-refractivity contribution is 5.86. The van der Waals surface area contributed by atoms with E-state index < -0.39 is 11.9 Å². The number of unbranched alkanes of at least 4 members (excludes halogenated alkanes) is 1. The molecule has 2 aromatic heterocycles. The highest BCUT2D eigenvalue weighted by Crippen LogP contribution is 2.26. The van der Waals surface area contributed by atoms with Gasteiger partial charge in [0.15, 0.2) is 0 Å². The predicted octanol–water partition coefficient (Wildman–Crippen LogP) is 4.86. The lowest BCUT2D eigenvalue weighted by Gasteiger charge is -2.19. The van der Waals surface area contributed by atoms with Gasteiger partial charge in [0.25, 0.3) is 0 Å². The maximum absolute atomic E-state index is 12.6. The Balaban J connectivity index is 1.40. The van der Waals surface area contributed by atoms with Gasteiger partial charge in [-0.3, -0.25) is 14.6 Å². The summed E-state index contributed by atoms with van der Waals surface area (Å²) >= 11 is 0. The molecule has 0 aliphatic rings. The summed E-state index contributed by atoms with van der Waals surface area (Å²) < 4.78 is 1.96. The van der Waals surface area contributed by atoms with E-state index >= 15 is 0 Å². The van der Waals surface area contributed by atoms with Crippen LogP contribution in [-0.2, 0) is 27.8 Å². The molecule has 0 bridgehead atoms. The van der Waals surface area contributed by atoms with Crippen molar-refractivity contribution >= 4 is 11.8 Å². The lowest BCUT2D eigenvalue weighted by Crippen LogP contribution is -2.45. The molecule has 4 rings (SSSR count). The lowest BCUT2D eigenvalue weighted by molar-refractivity contribution is -0.127. The number of pyridine rings is 1. The fourth-order valence-corrected chi connectivity index (χ4v) is 4.51. The van der Waals surface area contributed by atoms with Crippen LogP contribution in [-0.4, -0.2) is 37.7 Å². The number of nitrogens with one attached hydrogen (secondary N) is 1. The molecular formula is C32H37N5O3. The van der Waals surface area contributed by atoms with Gasteiger partial charge in [-0.15, -0.1) is 0 Å². The zero-order valence-corrected chi connectivity index (χ0v) is 23.3. The maximum atomic E-state index is 12.6. The first-order valence-corrected chi connectivity index (χ1v) is 13.6. The summed E-state index contributed by atoms with van der Waals surface area (Å²) in [5.41, 5.74) is 11.3. The van der Waals surface area contributed by atoms with Crippen LogP contribution in [0.2, 0.25) is 0 Å². The number of benzene rings is 2. The van der Waals surface area contributed by atoms with E-state index in [-0.39, 0.29) is 29.9 Å². The molecule has 8 heteroatoms. The number of hydrogen-bond acceptors (Lipinski definition) is 5. The molecule has 0 radical (unpaired) electrons. The summed E-state index contributed by atoms with van der Waals surface area (Å²) in [5, 5.41) is 17.1. The topological polar surface area (TPSA) is 123 Å². The second-order valence-electron chi connectivity index (χ2n) is 11.0. The Morgan fingerprint density at radius 2 is 1.70 bits per heavy atom. The number of aromatic hydroxyl groups is 1. The molecular weight excluding hydrogens is 502 g/mol. The summed E-state index contributed by atoms with van der Waals surface area (Å²) in [5.74, 6) is -0.674. The number of nitrogens with zero attached hydrogens (tertiary/aromatic N) is 3. The summed E-state index contributed by atoms with van der Waals surface area (Å²) in [7, 11) is 0. The molecule has 0 aliphatic carbocycles. The average Bonchev–Trinajstić information content (AvgIpc) is 3.36. The lowest BCUT2D eigenvalue weighted by atomic mass is 9.87. The molecule has 4 N–H and O–H groups in total. The Morgan fingerprint density at radius 1 is 0.975 bits per heavy atom. The molecule has 2 aromatic carbocycles. The normalized spacial score (nSPS) is 12.2. The number of phenols is 1. The fraction of sp³-hybridized carbons (Fsp3) is 0.312. The zero-order chi connectivity index (χ0) is 28.7. The van der Waals surface area contributed by atoms with Gasteiger partial charge in [-0.05, 0) is 78.3 Å². The Kier molecular flexibility index (Phi) is 8.99. The first-order chi connectivity index (χ1) is 19.1. The molecule has 0 unspecified atom stereocenters. The third-order valence-electron chi connectivity index (χ3n) is 6.83. The van der Waals surface area contributed by atoms with Crippen molar-refractivity contribution < 1.29 is 14.7 Å². The minimum Gasteiger partial charge on any atom is -0.508 e. The summed E-state index contributed by atoms with van der Waals surface area (Å²) in [6, 6.07) is 22.0. The molecule has 0 spiro atoms. The molecule has 208 valence electrons. The molecule has 2 heterocycles. The van der Waals surface area contributed by atoms with Gasteiger partial charge >= 0.3 is 0 Å². The van der Waals surface area contributed by atoms with Crippen LogP contribution >= 0.6 is 0 Å². The zero-order valence-electron chi connectivity index (χ0n) is 23.3. The number of aromatic nitrogens is 3. The highest BCUT2D eigenvalue weighted by Gasteiger charge is 2.19. The average molecular weight is 540 g/mol. The van der Waals surface area contributed by atoms with Gasteiger partial charge < -0.3 is 16.2 Å². The second-order valence-corrected chi connectivity index (χ2v) is 11.0. The largest absolute Gasteiger partial charge is 0.508 e. The molecule has 1 atom stereocenters. The molecule has 40 heavy (non-hydrogen) atoms. The van der Waals surface area contributed by atoms with Gasteiger partial charge in [0.1, 0.15) is 17.5 Å². The molecule has 0 saturated heterocycles. The number of aryl methyl sites for hydroxylation is 1. The SMILES string of the molecule is CC(C)(C)c1ccc(-n2nc(-c3ccccn3)cc2CCCCC(=O)N[C@@H](Cc2ccc(O)cc2)C(N)=O)cc1. The van der Waals surface area contributed by atoms with Crippen LogP contribution in [0.25, 0.3) is 17.1 Å². The summed E-state index contributed by atoms with van der Waals surface area (Å²) in [6.45, 7) is 6.57. The Morgan fingerprint density at radius 3 is 2.33 bits per heavy atom. The maximum Gasteiger partial charge on any atom is 0.240 e. The van der Waals surface area contributed by atoms with Gasteiger partial charge in [-0.2, -0.15) is 5.10 Å². The van der Waals surface area contributed by atoms with Crippen molar-refractivity contribution in [2.75, 3.05) is 0 Å². The smallest absolute Gasteiger partial charge is 0.240 e. The number of primary amides is 1. The van der Waals surface area contributed by atoms with Crippen LogP contribution in [0.3, 0.4) is 0 Å². The molecule has 0 saturated carbocycles. The highest BCUT2D eigenvalue weighted by atomic mass is 16.3. The summed E-state index contributed by atoms with van der Waals surface area (Å²) in [4.78, 5) is 29.0. The fourth-order valence-electron chi connectivity index (χ4n) is 4.51.